The number of nitrogens with one attached hydrogen (secondary N) is 1. The fourth-order valence-electron chi connectivity index (χ4n) is 2.08. The Balaban J connectivity index is 2.17. The van der Waals surface area contributed by atoms with Gasteiger partial charge >= 0.3 is 0 Å². The lowest BCUT2D eigenvalue weighted by Gasteiger charge is -2.24. The smallest absolute Gasteiger partial charge is 0.182 e. The van der Waals surface area contributed by atoms with Crippen molar-refractivity contribution in [1.29, 1.82) is 0 Å². The fourth-order valence-corrected chi connectivity index (χ4v) is 3.13. The van der Waals surface area contributed by atoms with Crippen molar-refractivity contribution in [3.63, 3.8) is 0 Å². The average molecular weight is 210 g/mol. The molecule has 1 heterocycles. The molecule has 1 unspecified atom stereocenters. The molecule has 0 radical (unpaired) electrons. The Hall–Kier alpha value is -0.570. The van der Waals surface area contributed by atoms with Gasteiger partial charge < -0.3 is 5.32 Å². The normalized spacial score (nSPS) is 21.0. The molecule has 2 nitrogen and oxygen atoms in total. The van der Waals surface area contributed by atoms with Gasteiger partial charge in [0.25, 0.3) is 0 Å². The molecule has 0 aliphatic heterocycles. The number of anilines is 1. The van der Waals surface area contributed by atoms with Gasteiger partial charge in [-0.3, -0.25) is 0 Å². The number of hydrogen-bond acceptors (Lipinski definition) is 3. The summed E-state index contributed by atoms with van der Waals surface area (Å²) in [7, 11) is 1.95. The highest BCUT2D eigenvalue weighted by Crippen LogP contribution is 2.34. The predicted molar refractivity (Wildman–Crippen MR) is 62.0 cm³/mol. The monoisotopic (exact) mass is 210 g/mol. The molecule has 0 saturated heterocycles. The number of hydrogen-bond donors (Lipinski definition) is 1. The van der Waals surface area contributed by atoms with E-state index < -0.39 is 0 Å². The summed E-state index contributed by atoms with van der Waals surface area (Å²) in [6, 6.07) is 0. The van der Waals surface area contributed by atoms with Gasteiger partial charge in [0.1, 0.15) is 0 Å². The van der Waals surface area contributed by atoms with Crippen LogP contribution in [0.25, 0.3) is 0 Å². The van der Waals surface area contributed by atoms with E-state index in [1.54, 1.807) is 0 Å². The Kier molecular flexibility index (Phi) is 2.77. The Labute approximate surface area is 89.8 Å². The highest BCUT2D eigenvalue weighted by atomic mass is 32.1. The van der Waals surface area contributed by atoms with Crippen molar-refractivity contribution < 1.29 is 0 Å². The lowest BCUT2D eigenvalue weighted by Crippen LogP contribution is -2.17. The van der Waals surface area contributed by atoms with E-state index in [0.717, 1.165) is 17.0 Å². The number of rotatable bonds is 2. The number of nitrogens with zero attached hydrogens (tertiary/aromatic N) is 1. The standard InChI is InChI=1S/C11H18N2S/c1-7(2)8-4-5-9-10(6-8)14-11(12-3)13-9/h7-8H,4-6H2,1-3H3,(H,12,13). The minimum atomic E-state index is 0.809. The SMILES string of the molecule is CNc1nc2c(s1)CC(C(C)C)CC2. The van der Waals surface area contributed by atoms with Crippen LogP contribution in [-0.2, 0) is 12.8 Å². The van der Waals surface area contributed by atoms with Gasteiger partial charge in [-0.15, -0.1) is 11.3 Å². The van der Waals surface area contributed by atoms with Crippen LogP contribution in [0.2, 0.25) is 0 Å². The van der Waals surface area contributed by atoms with Crippen molar-refractivity contribution in [2.45, 2.75) is 33.1 Å². The summed E-state index contributed by atoms with van der Waals surface area (Å²) in [5.74, 6) is 1.68. The molecule has 1 aliphatic rings. The molecule has 0 spiro atoms. The fraction of sp³-hybridized carbons (Fsp3) is 0.727. The van der Waals surface area contributed by atoms with Crippen LogP contribution in [0.5, 0.6) is 0 Å². The van der Waals surface area contributed by atoms with Crippen LogP contribution in [0.3, 0.4) is 0 Å². The summed E-state index contributed by atoms with van der Waals surface area (Å²) < 4.78 is 0. The second kappa shape index (κ2) is 3.89. The molecule has 3 heteroatoms. The van der Waals surface area contributed by atoms with Crippen molar-refractivity contribution in [2.75, 3.05) is 12.4 Å². The molecule has 1 atom stereocenters. The quantitative estimate of drug-likeness (QED) is 0.812. The minimum absolute atomic E-state index is 0.809. The summed E-state index contributed by atoms with van der Waals surface area (Å²) in [6.07, 6.45) is 3.74. The van der Waals surface area contributed by atoms with Crippen molar-refractivity contribution in [3.05, 3.63) is 10.6 Å². The number of thiazole rings is 1. The highest BCUT2D eigenvalue weighted by Gasteiger charge is 2.24. The average Bonchev–Trinajstić information content (AvgIpc) is 2.58. The first-order chi connectivity index (χ1) is 6.70. The van der Waals surface area contributed by atoms with E-state index in [0.29, 0.717) is 0 Å². The Morgan fingerprint density at radius 2 is 2.29 bits per heavy atom. The van der Waals surface area contributed by atoms with Crippen LogP contribution >= 0.6 is 11.3 Å². The largest absolute Gasteiger partial charge is 0.365 e. The van der Waals surface area contributed by atoms with Gasteiger partial charge in [-0.2, -0.15) is 0 Å². The summed E-state index contributed by atoms with van der Waals surface area (Å²) >= 11 is 1.83. The van der Waals surface area contributed by atoms with Crippen molar-refractivity contribution >= 4 is 16.5 Å². The molecule has 1 aromatic heterocycles. The molecule has 0 bridgehead atoms. The first-order valence-corrected chi connectivity index (χ1v) is 6.18. The molecule has 0 aromatic carbocycles. The Morgan fingerprint density at radius 3 is 2.93 bits per heavy atom. The number of fused-ring (bicyclic) bond motifs is 1. The first-order valence-electron chi connectivity index (χ1n) is 5.37. The van der Waals surface area contributed by atoms with E-state index in [1.165, 1.54) is 29.8 Å². The van der Waals surface area contributed by atoms with E-state index in [4.69, 9.17) is 0 Å². The van der Waals surface area contributed by atoms with Gasteiger partial charge in [0, 0.05) is 11.9 Å². The van der Waals surface area contributed by atoms with E-state index >= 15 is 0 Å². The Morgan fingerprint density at radius 1 is 1.50 bits per heavy atom. The lowest BCUT2D eigenvalue weighted by molar-refractivity contribution is 0.344. The lowest BCUT2D eigenvalue weighted by atomic mass is 9.83. The summed E-state index contributed by atoms with van der Waals surface area (Å²) in [5.41, 5.74) is 1.34. The molecule has 1 aliphatic carbocycles. The molecule has 0 amide bonds. The van der Waals surface area contributed by atoms with Crippen LogP contribution in [0.1, 0.15) is 30.8 Å². The van der Waals surface area contributed by atoms with E-state index in [9.17, 15) is 0 Å². The topological polar surface area (TPSA) is 24.9 Å². The zero-order valence-electron chi connectivity index (χ0n) is 9.13. The zero-order valence-corrected chi connectivity index (χ0v) is 9.95. The molecule has 0 fully saturated rings. The molecule has 1 N–H and O–H groups in total. The third-order valence-electron chi connectivity index (χ3n) is 3.13. The zero-order chi connectivity index (χ0) is 10.1. The summed E-state index contributed by atoms with van der Waals surface area (Å²) in [4.78, 5) is 6.08. The molecule has 1 aromatic rings. The van der Waals surface area contributed by atoms with E-state index in [-0.39, 0.29) is 0 Å². The van der Waals surface area contributed by atoms with Crippen molar-refractivity contribution in [2.24, 2.45) is 11.8 Å². The van der Waals surface area contributed by atoms with E-state index in [1.807, 2.05) is 18.4 Å². The van der Waals surface area contributed by atoms with Gasteiger partial charge in [0.15, 0.2) is 5.13 Å². The minimum Gasteiger partial charge on any atom is -0.365 e. The van der Waals surface area contributed by atoms with Crippen LogP contribution in [0, 0.1) is 11.8 Å². The molecule has 2 rings (SSSR count). The van der Waals surface area contributed by atoms with Gasteiger partial charge in [-0.25, -0.2) is 4.98 Å². The highest BCUT2D eigenvalue weighted by molar-refractivity contribution is 7.15. The maximum absolute atomic E-state index is 4.57. The van der Waals surface area contributed by atoms with Crippen LogP contribution in [0.4, 0.5) is 5.13 Å². The first kappa shape index (κ1) is 9.97. The van der Waals surface area contributed by atoms with E-state index in [2.05, 4.69) is 24.1 Å². The van der Waals surface area contributed by atoms with Crippen LogP contribution in [-0.4, -0.2) is 12.0 Å². The van der Waals surface area contributed by atoms with Gasteiger partial charge in [-0.1, -0.05) is 13.8 Å². The van der Waals surface area contributed by atoms with Crippen molar-refractivity contribution in [1.82, 2.24) is 4.98 Å². The third kappa shape index (κ3) is 1.78. The molecule has 0 saturated carbocycles. The van der Waals surface area contributed by atoms with Gasteiger partial charge in [0.05, 0.1) is 5.69 Å². The maximum atomic E-state index is 4.57. The second-order valence-electron chi connectivity index (χ2n) is 4.39. The van der Waals surface area contributed by atoms with Gasteiger partial charge in [-0.05, 0) is 31.1 Å². The number of aryl methyl sites for hydroxylation is 1. The summed E-state index contributed by atoms with van der Waals surface area (Å²) in [5, 5.41) is 4.22. The third-order valence-corrected chi connectivity index (χ3v) is 4.27. The van der Waals surface area contributed by atoms with Crippen LogP contribution in [0.15, 0.2) is 0 Å². The maximum Gasteiger partial charge on any atom is 0.182 e. The predicted octanol–water partition coefficient (Wildman–Crippen LogP) is 2.95. The van der Waals surface area contributed by atoms with Gasteiger partial charge in [0.2, 0.25) is 0 Å². The Bertz CT molecular complexity index is 317. The van der Waals surface area contributed by atoms with Crippen molar-refractivity contribution in [3.8, 4) is 0 Å². The number of aromatic nitrogens is 1. The molecular weight excluding hydrogens is 192 g/mol. The summed E-state index contributed by atoms with van der Waals surface area (Å²) in [6.45, 7) is 4.66. The van der Waals surface area contributed by atoms with Crippen LogP contribution < -0.4 is 5.32 Å². The second-order valence-corrected chi connectivity index (χ2v) is 5.47. The molecule has 14 heavy (non-hydrogen) atoms. The molecule has 78 valence electrons. The molecular formula is C11H18N2S.